The van der Waals surface area contributed by atoms with E-state index in [2.05, 4.69) is 17.6 Å². The quantitative estimate of drug-likeness (QED) is 0.826. The number of furan rings is 1. The van der Waals surface area contributed by atoms with Gasteiger partial charge < -0.3 is 15.1 Å². The minimum absolute atomic E-state index is 0.0812. The molecule has 1 saturated carbocycles. The first kappa shape index (κ1) is 14.9. The highest BCUT2D eigenvalue weighted by atomic mass is 16.3. The second-order valence-electron chi connectivity index (χ2n) is 5.79. The van der Waals surface area contributed by atoms with Gasteiger partial charge in [-0.25, -0.2) is 4.79 Å². The molecule has 20 heavy (non-hydrogen) atoms. The summed E-state index contributed by atoms with van der Waals surface area (Å²) in [6.07, 6.45) is 8.93. The molecule has 3 atom stereocenters. The van der Waals surface area contributed by atoms with Gasteiger partial charge in [0.25, 0.3) is 0 Å². The van der Waals surface area contributed by atoms with Crippen LogP contribution in [0.4, 0.5) is 4.79 Å². The summed E-state index contributed by atoms with van der Waals surface area (Å²) in [4.78, 5) is 12.1. The molecule has 0 aliphatic heterocycles. The molecule has 0 aromatic carbocycles. The van der Waals surface area contributed by atoms with E-state index in [0.717, 1.165) is 12.2 Å². The maximum Gasteiger partial charge on any atom is 0.315 e. The summed E-state index contributed by atoms with van der Waals surface area (Å²) in [5.41, 5.74) is 0. The van der Waals surface area contributed by atoms with Gasteiger partial charge in [0.05, 0.1) is 12.3 Å². The molecule has 112 valence electrons. The second-order valence-corrected chi connectivity index (χ2v) is 5.79. The lowest BCUT2D eigenvalue weighted by atomic mass is 9.97. The minimum Gasteiger partial charge on any atom is -0.467 e. The number of carbonyl (C=O) groups is 1. The fraction of sp³-hybridized carbons (Fsp3) is 0.688. The second kappa shape index (κ2) is 7.36. The molecule has 4 heteroatoms. The Morgan fingerprint density at radius 2 is 2.35 bits per heavy atom. The highest BCUT2D eigenvalue weighted by Gasteiger charge is 2.28. The summed E-state index contributed by atoms with van der Waals surface area (Å²) in [5.74, 6) is 1.44. The Bertz CT molecular complexity index is 403. The summed E-state index contributed by atoms with van der Waals surface area (Å²) < 4.78 is 5.30. The number of rotatable bonds is 6. The standard InChI is InChI=1S/C16H26N2O2/c1-3-4-7-13-8-5-9-14(13)18-16(19)17-12(2)15-10-6-11-20-15/h6,10-14H,3-5,7-9H2,1-2H3,(H2,17,18,19). The molecule has 1 aliphatic carbocycles. The zero-order valence-corrected chi connectivity index (χ0v) is 12.5. The van der Waals surface area contributed by atoms with Gasteiger partial charge in [-0.1, -0.05) is 26.2 Å². The Labute approximate surface area is 121 Å². The van der Waals surface area contributed by atoms with Gasteiger partial charge in [0.1, 0.15) is 5.76 Å². The van der Waals surface area contributed by atoms with E-state index in [9.17, 15) is 4.79 Å². The van der Waals surface area contributed by atoms with E-state index >= 15 is 0 Å². The lowest BCUT2D eigenvalue weighted by Crippen LogP contribution is -2.44. The van der Waals surface area contributed by atoms with E-state index in [0.29, 0.717) is 12.0 Å². The average molecular weight is 278 g/mol. The highest BCUT2D eigenvalue weighted by Crippen LogP contribution is 2.29. The zero-order chi connectivity index (χ0) is 14.4. The Morgan fingerprint density at radius 3 is 3.05 bits per heavy atom. The fourth-order valence-corrected chi connectivity index (χ4v) is 3.05. The lowest BCUT2D eigenvalue weighted by Gasteiger charge is -2.22. The van der Waals surface area contributed by atoms with E-state index in [1.165, 1.54) is 32.1 Å². The molecule has 1 fully saturated rings. The Morgan fingerprint density at radius 1 is 1.50 bits per heavy atom. The summed E-state index contributed by atoms with van der Waals surface area (Å²) in [7, 11) is 0. The zero-order valence-electron chi connectivity index (χ0n) is 12.5. The molecule has 4 nitrogen and oxygen atoms in total. The molecule has 2 N–H and O–H groups in total. The fourth-order valence-electron chi connectivity index (χ4n) is 3.05. The summed E-state index contributed by atoms with van der Waals surface area (Å²) >= 11 is 0. The number of hydrogen-bond acceptors (Lipinski definition) is 2. The van der Waals surface area contributed by atoms with Crippen LogP contribution in [0.2, 0.25) is 0 Å². The maximum atomic E-state index is 12.1. The topological polar surface area (TPSA) is 54.3 Å². The number of unbranched alkanes of at least 4 members (excludes halogenated alkanes) is 1. The number of carbonyl (C=O) groups excluding carboxylic acids is 1. The summed E-state index contributed by atoms with van der Waals surface area (Å²) in [6.45, 7) is 4.15. The molecule has 3 unspecified atom stereocenters. The van der Waals surface area contributed by atoms with Gasteiger partial charge in [0, 0.05) is 6.04 Å². The van der Waals surface area contributed by atoms with Crippen LogP contribution in [0.3, 0.4) is 0 Å². The molecule has 2 rings (SSSR count). The first-order valence-electron chi connectivity index (χ1n) is 7.81. The first-order chi connectivity index (χ1) is 9.70. The highest BCUT2D eigenvalue weighted by molar-refractivity contribution is 5.74. The number of urea groups is 1. The van der Waals surface area contributed by atoms with E-state index < -0.39 is 0 Å². The van der Waals surface area contributed by atoms with E-state index in [-0.39, 0.29) is 12.1 Å². The van der Waals surface area contributed by atoms with Crippen molar-refractivity contribution in [2.75, 3.05) is 0 Å². The van der Waals surface area contributed by atoms with Gasteiger partial charge in [-0.2, -0.15) is 0 Å². The van der Waals surface area contributed by atoms with Crippen LogP contribution in [-0.4, -0.2) is 12.1 Å². The van der Waals surface area contributed by atoms with Crippen LogP contribution in [0.5, 0.6) is 0 Å². The lowest BCUT2D eigenvalue weighted by molar-refractivity contribution is 0.227. The van der Waals surface area contributed by atoms with Crippen LogP contribution in [0.15, 0.2) is 22.8 Å². The van der Waals surface area contributed by atoms with Gasteiger partial charge in [0.2, 0.25) is 0 Å². The molecule has 1 aromatic rings. The summed E-state index contributed by atoms with van der Waals surface area (Å²) in [5, 5.41) is 6.08. The normalized spacial score (nSPS) is 23.5. The van der Waals surface area contributed by atoms with Crippen LogP contribution in [0, 0.1) is 5.92 Å². The molecule has 0 spiro atoms. The average Bonchev–Trinajstić information content (AvgIpc) is 3.07. The predicted octanol–water partition coefficient (Wildman–Crippen LogP) is 4.00. The maximum absolute atomic E-state index is 12.1. The number of hydrogen-bond donors (Lipinski definition) is 2. The van der Waals surface area contributed by atoms with Crippen molar-refractivity contribution in [3.05, 3.63) is 24.2 Å². The largest absolute Gasteiger partial charge is 0.467 e. The van der Waals surface area contributed by atoms with Crippen LogP contribution < -0.4 is 10.6 Å². The van der Waals surface area contributed by atoms with Crippen molar-refractivity contribution >= 4 is 6.03 Å². The molecular weight excluding hydrogens is 252 g/mol. The van der Waals surface area contributed by atoms with Crippen LogP contribution in [0.25, 0.3) is 0 Å². The van der Waals surface area contributed by atoms with Crippen molar-refractivity contribution in [1.82, 2.24) is 10.6 Å². The third kappa shape index (κ3) is 4.02. The van der Waals surface area contributed by atoms with E-state index in [1.807, 2.05) is 19.1 Å². The monoisotopic (exact) mass is 278 g/mol. The number of nitrogens with one attached hydrogen (secondary N) is 2. The van der Waals surface area contributed by atoms with E-state index in [1.54, 1.807) is 6.26 Å². The molecule has 1 aromatic heterocycles. The van der Waals surface area contributed by atoms with Gasteiger partial charge in [0.15, 0.2) is 0 Å². The molecule has 1 aliphatic rings. The Hall–Kier alpha value is -1.45. The smallest absolute Gasteiger partial charge is 0.315 e. The van der Waals surface area contributed by atoms with Gasteiger partial charge in [-0.15, -0.1) is 0 Å². The SMILES string of the molecule is CCCCC1CCCC1NC(=O)NC(C)c1ccco1. The molecule has 1 heterocycles. The van der Waals surface area contributed by atoms with Crippen LogP contribution in [-0.2, 0) is 0 Å². The van der Waals surface area contributed by atoms with Gasteiger partial charge in [-0.3, -0.25) is 0 Å². The molecule has 0 radical (unpaired) electrons. The minimum atomic E-state index is -0.0968. The third-order valence-corrected chi connectivity index (χ3v) is 4.22. The van der Waals surface area contributed by atoms with Crippen molar-refractivity contribution in [3.8, 4) is 0 Å². The van der Waals surface area contributed by atoms with Crippen molar-refractivity contribution in [1.29, 1.82) is 0 Å². The molecular formula is C16H26N2O2. The Kier molecular flexibility index (Phi) is 5.50. The Balaban J connectivity index is 1.78. The van der Waals surface area contributed by atoms with Crippen molar-refractivity contribution < 1.29 is 9.21 Å². The van der Waals surface area contributed by atoms with Crippen molar-refractivity contribution in [2.24, 2.45) is 5.92 Å². The summed E-state index contributed by atoms with van der Waals surface area (Å²) in [6, 6.07) is 3.88. The van der Waals surface area contributed by atoms with Gasteiger partial charge >= 0.3 is 6.03 Å². The third-order valence-electron chi connectivity index (χ3n) is 4.22. The predicted molar refractivity (Wildman–Crippen MR) is 79.4 cm³/mol. The first-order valence-corrected chi connectivity index (χ1v) is 7.81. The van der Waals surface area contributed by atoms with Crippen molar-refractivity contribution in [3.63, 3.8) is 0 Å². The molecule has 2 amide bonds. The van der Waals surface area contributed by atoms with E-state index in [4.69, 9.17) is 4.42 Å². The van der Waals surface area contributed by atoms with Crippen molar-refractivity contribution in [2.45, 2.75) is 64.5 Å². The van der Waals surface area contributed by atoms with Gasteiger partial charge in [-0.05, 0) is 44.2 Å². The molecule has 0 bridgehead atoms. The molecule has 0 saturated heterocycles. The van der Waals surface area contributed by atoms with Crippen LogP contribution in [0.1, 0.15) is 64.2 Å². The van der Waals surface area contributed by atoms with Crippen LogP contribution >= 0.6 is 0 Å². The number of amides is 2.